The van der Waals surface area contributed by atoms with Crippen LogP contribution in [0.2, 0.25) is 38.3 Å². The topological polar surface area (TPSA) is 3.24 Å². The van der Waals surface area contributed by atoms with Crippen molar-refractivity contribution in [2.45, 2.75) is 51.6 Å². The number of rotatable bonds is 1. The van der Waals surface area contributed by atoms with Crippen LogP contribution in [0.5, 0.6) is 0 Å². The molecule has 1 aliphatic heterocycles. The van der Waals surface area contributed by atoms with E-state index in [0.29, 0.717) is 0 Å². The van der Waals surface area contributed by atoms with Gasteiger partial charge in [-0.3, -0.25) is 0 Å². The van der Waals surface area contributed by atoms with E-state index in [1.54, 1.807) is 0 Å². The highest BCUT2D eigenvalue weighted by Gasteiger charge is 2.42. The summed E-state index contributed by atoms with van der Waals surface area (Å²) < 4.78 is 2.92. The lowest BCUT2D eigenvalue weighted by molar-refractivity contribution is 0.605. The highest BCUT2D eigenvalue weighted by Crippen LogP contribution is 2.33. The fourth-order valence-corrected chi connectivity index (χ4v) is 14.8. The first kappa shape index (κ1) is 10.5. The van der Waals surface area contributed by atoms with E-state index in [9.17, 15) is 0 Å². The highest BCUT2D eigenvalue weighted by molar-refractivity contribution is 6.91. The fourth-order valence-electron chi connectivity index (χ4n) is 2.90. The zero-order valence-electron chi connectivity index (χ0n) is 9.28. The molecule has 0 atom stereocenters. The van der Waals surface area contributed by atoms with Crippen molar-refractivity contribution >= 4 is 16.5 Å². The predicted octanol–water partition coefficient (Wildman–Crippen LogP) is 3.12. The van der Waals surface area contributed by atoms with E-state index in [1.165, 1.54) is 25.1 Å². The summed E-state index contributed by atoms with van der Waals surface area (Å²) in [5.74, 6) is 0. The third-order valence-electron chi connectivity index (χ3n) is 3.35. The summed E-state index contributed by atoms with van der Waals surface area (Å²) in [4.78, 5) is 0. The lowest BCUT2D eigenvalue weighted by Crippen LogP contribution is -2.64. The fraction of sp³-hybridized carbons (Fsp3) is 1.00. The van der Waals surface area contributed by atoms with E-state index in [-0.39, 0.29) is 0 Å². The number of hydrogen-bond acceptors (Lipinski definition) is 1. The predicted molar refractivity (Wildman–Crippen MR) is 61.6 cm³/mol. The SMILES string of the molecule is CCN1[Si](C)(C)CCC[Si]1(C)C. The van der Waals surface area contributed by atoms with Gasteiger partial charge in [-0.05, 0) is 18.6 Å². The molecule has 0 spiro atoms. The average Bonchev–Trinajstić information content (AvgIpc) is 1.83. The molecule has 0 aromatic rings. The maximum atomic E-state index is 2.92. The summed E-state index contributed by atoms with van der Waals surface area (Å²) in [5, 5.41) is 0. The molecule has 0 amide bonds. The molecule has 0 radical (unpaired) electrons. The Balaban J connectivity index is 2.81. The van der Waals surface area contributed by atoms with Gasteiger partial charge in [-0.15, -0.1) is 0 Å². The minimum atomic E-state index is -0.960. The second-order valence-corrected chi connectivity index (χ2v) is 15.0. The van der Waals surface area contributed by atoms with Gasteiger partial charge in [-0.1, -0.05) is 39.5 Å². The highest BCUT2D eigenvalue weighted by atomic mass is 28.4. The summed E-state index contributed by atoms with van der Waals surface area (Å²) >= 11 is 0. The van der Waals surface area contributed by atoms with Crippen LogP contribution in [0, 0.1) is 0 Å². The summed E-state index contributed by atoms with van der Waals surface area (Å²) in [5.41, 5.74) is 0. The molecule has 0 aromatic heterocycles. The standard InChI is InChI=1S/C9H23NSi2/c1-6-10-11(2,3)8-7-9-12(10,4)5/h6-9H2,1-5H3. The van der Waals surface area contributed by atoms with Crippen LogP contribution >= 0.6 is 0 Å². The molecule has 1 heterocycles. The smallest absolute Gasteiger partial charge is 0.115 e. The van der Waals surface area contributed by atoms with E-state index in [0.717, 1.165) is 0 Å². The summed E-state index contributed by atoms with van der Waals surface area (Å²) in [6.07, 6.45) is 1.51. The van der Waals surface area contributed by atoms with E-state index >= 15 is 0 Å². The lowest BCUT2D eigenvalue weighted by atomic mass is 10.6. The zero-order valence-corrected chi connectivity index (χ0v) is 11.3. The van der Waals surface area contributed by atoms with Crippen LogP contribution in [0.25, 0.3) is 0 Å². The molecule has 1 saturated heterocycles. The van der Waals surface area contributed by atoms with Crippen molar-refractivity contribution in [3.8, 4) is 0 Å². The van der Waals surface area contributed by atoms with Gasteiger partial charge in [0.15, 0.2) is 0 Å². The number of nitrogens with zero attached hydrogens (tertiary/aromatic N) is 1. The van der Waals surface area contributed by atoms with Gasteiger partial charge in [0.05, 0.1) is 0 Å². The second-order valence-electron chi connectivity index (χ2n) is 5.22. The van der Waals surface area contributed by atoms with Gasteiger partial charge in [-0.25, -0.2) is 0 Å². The van der Waals surface area contributed by atoms with Crippen LogP contribution in [-0.4, -0.2) is 27.2 Å². The molecule has 0 unspecified atom stereocenters. The lowest BCUT2D eigenvalue weighted by Gasteiger charge is -2.50. The minimum Gasteiger partial charge on any atom is -0.346 e. The maximum Gasteiger partial charge on any atom is 0.115 e. The normalized spacial score (nSPS) is 28.8. The molecule has 12 heavy (non-hydrogen) atoms. The summed E-state index contributed by atoms with van der Waals surface area (Å²) in [6, 6.07) is 3.05. The average molecular weight is 201 g/mol. The largest absolute Gasteiger partial charge is 0.346 e. The van der Waals surface area contributed by atoms with Crippen LogP contribution in [0.3, 0.4) is 0 Å². The molecular formula is C9H23NSi2. The maximum absolute atomic E-state index is 2.92. The van der Waals surface area contributed by atoms with Gasteiger partial charge in [0.25, 0.3) is 0 Å². The van der Waals surface area contributed by atoms with Gasteiger partial charge in [0, 0.05) is 0 Å². The molecule has 1 nitrogen and oxygen atoms in total. The molecule has 0 aliphatic carbocycles. The van der Waals surface area contributed by atoms with Crippen LogP contribution in [-0.2, 0) is 0 Å². The summed E-state index contributed by atoms with van der Waals surface area (Å²) in [7, 11) is -1.92. The molecule has 72 valence electrons. The first-order valence-corrected chi connectivity index (χ1v) is 11.5. The molecule has 0 aromatic carbocycles. The first-order chi connectivity index (χ1) is 5.40. The summed E-state index contributed by atoms with van der Waals surface area (Å²) in [6.45, 7) is 13.8. The monoisotopic (exact) mass is 201 g/mol. The van der Waals surface area contributed by atoms with E-state index in [1.807, 2.05) is 0 Å². The third kappa shape index (κ3) is 1.83. The van der Waals surface area contributed by atoms with Crippen LogP contribution < -0.4 is 0 Å². The quantitative estimate of drug-likeness (QED) is 0.589. The zero-order chi connectivity index (χ0) is 9.41. The Kier molecular flexibility index (Phi) is 2.86. The van der Waals surface area contributed by atoms with Crippen LogP contribution in [0.15, 0.2) is 0 Å². The van der Waals surface area contributed by atoms with Gasteiger partial charge < -0.3 is 4.23 Å². The minimum absolute atomic E-state index is 0.960. The third-order valence-corrected chi connectivity index (χ3v) is 13.7. The van der Waals surface area contributed by atoms with E-state index < -0.39 is 16.5 Å². The Morgan fingerprint density at radius 3 is 1.67 bits per heavy atom. The van der Waals surface area contributed by atoms with Crippen molar-refractivity contribution in [3.63, 3.8) is 0 Å². The Hall–Kier alpha value is 0.394. The number of hydrogen-bond donors (Lipinski definition) is 0. The molecule has 1 rings (SSSR count). The Bertz CT molecular complexity index is 150. The molecular weight excluding hydrogens is 178 g/mol. The second kappa shape index (κ2) is 3.27. The van der Waals surface area contributed by atoms with Gasteiger partial charge in [0.1, 0.15) is 16.5 Å². The molecule has 1 fully saturated rings. The van der Waals surface area contributed by atoms with Crippen molar-refractivity contribution in [2.75, 3.05) is 6.54 Å². The van der Waals surface area contributed by atoms with Crippen LogP contribution in [0.1, 0.15) is 13.3 Å². The molecule has 3 heteroatoms. The van der Waals surface area contributed by atoms with Gasteiger partial charge in [-0.2, -0.15) is 0 Å². The van der Waals surface area contributed by atoms with E-state index in [2.05, 4.69) is 37.3 Å². The molecule has 1 aliphatic rings. The van der Waals surface area contributed by atoms with Crippen LogP contribution in [0.4, 0.5) is 0 Å². The van der Waals surface area contributed by atoms with Crippen molar-refractivity contribution < 1.29 is 0 Å². The first-order valence-electron chi connectivity index (χ1n) is 5.18. The van der Waals surface area contributed by atoms with E-state index in [4.69, 9.17) is 0 Å². The Labute approximate surface area is 79.3 Å². The Morgan fingerprint density at radius 1 is 1.00 bits per heavy atom. The van der Waals surface area contributed by atoms with Crippen molar-refractivity contribution in [2.24, 2.45) is 0 Å². The Morgan fingerprint density at radius 2 is 1.42 bits per heavy atom. The molecule has 0 saturated carbocycles. The van der Waals surface area contributed by atoms with Gasteiger partial charge in [0.2, 0.25) is 0 Å². The molecule has 0 bridgehead atoms. The van der Waals surface area contributed by atoms with Crippen molar-refractivity contribution in [1.82, 2.24) is 4.23 Å². The van der Waals surface area contributed by atoms with Crippen molar-refractivity contribution in [1.29, 1.82) is 0 Å². The van der Waals surface area contributed by atoms with Gasteiger partial charge >= 0.3 is 0 Å². The molecule has 0 N–H and O–H groups in total. The van der Waals surface area contributed by atoms with Crippen molar-refractivity contribution in [3.05, 3.63) is 0 Å².